The number of nitrogens with two attached hydrogens (primary N) is 1. The van der Waals surface area contributed by atoms with Gasteiger partial charge in [-0.15, -0.1) is 0 Å². The fourth-order valence-corrected chi connectivity index (χ4v) is 15.4. The molecule has 28 nitrogen and oxygen atoms in total. The molecule has 0 atom stereocenters. The first-order chi connectivity index (χ1) is 66.1. The number of ether oxygens (including phenoxy) is 3. The molecule has 0 spiro atoms. The van der Waals surface area contributed by atoms with Gasteiger partial charge in [0.05, 0.1) is 66.1 Å². The number of esters is 1. The number of aromatic nitrogens is 15. The standard InChI is InChI=1S/2C18H22N4O.C17H20N4.C17H19N3.C9H13N.C8H7ClN2.C8H8N2O.C8H11NO2.C2H3N.Cl3OP/c2*1-5-11-22-12-10-16-17(22)18(20-13(2)19-16)21(3)14-6-8-15(23-4)9-7-14;1-5-13-6-8-14(9-7-13)21(4)17-16-15(10-11-20(16)3)18-12(2)19-17;1-4-13-8-10-14(11-9-13)20(3)17-15-6-5-7-16(15)18-12(2)19-17;1-3-8-4-6-9(10-2)7-5-8;1-5-10-7-4-2-3-6(7)8(9)11-5;1-5-9-7-4-2-3-6(7)8(11)10-5;1-2-11-8(10)6-4-3-5-7(6)9;1-2-3;1-5(2,3)4/h2*6-10,12H,5,11H2,1-4H3;6-11H,5H2,1-4H3;5,7-11H,4,6H2,1-3H3;4-7,10H,3H2,1-2H3;2,4H,3H2,1H3;2,4H,3H2,1H3,(H,9,10,11);3,5H,2,4,9H2,1H3;1H3;. The number of methoxy groups -OCH3 is 2. The molecule has 0 aliphatic heterocycles. The number of carbonyl (C=O) groups is 1. The van der Waals surface area contributed by atoms with Crippen molar-refractivity contribution in [3.63, 3.8) is 0 Å². The van der Waals surface area contributed by atoms with Crippen molar-refractivity contribution in [1.82, 2.24) is 73.5 Å². The van der Waals surface area contributed by atoms with Crippen LogP contribution in [0, 0.1) is 52.9 Å². The second kappa shape index (κ2) is 52.7. The quantitative estimate of drug-likeness (QED) is 0.0362. The van der Waals surface area contributed by atoms with E-state index in [1.54, 1.807) is 40.2 Å². The van der Waals surface area contributed by atoms with E-state index in [0.717, 1.165) is 212 Å². The maximum atomic E-state index is 11.2. The second-order valence-corrected chi connectivity index (χ2v) is 39.0. The number of hydrogen-bond acceptors (Lipinski definition) is 24. The van der Waals surface area contributed by atoms with E-state index in [4.69, 9.17) is 46.8 Å². The molecule has 18 rings (SSSR count). The minimum Gasteiger partial charge on any atom is -0.497 e. The number of allylic oxidation sites excluding steroid dienone is 5. The third-order valence-corrected chi connectivity index (χ3v) is 22.4. The van der Waals surface area contributed by atoms with Crippen LogP contribution in [-0.4, -0.2) is 136 Å². The molecule has 5 aromatic carbocycles. The summed E-state index contributed by atoms with van der Waals surface area (Å²) in [6.45, 7) is 27.7. The van der Waals surface area contributed by atoms with Crippen LogP contribution in [0.3, 0.4) is 0 Å². The van der Waals surface area contributed by atoms with E-state index in [0.29, 0.717) is 35.3 Å². The molecule has 138 heavy (non-hydrogen) atoms. The maximum Gasteiger partial charge on any atom is 0.339 e. The molecule has 0 unspecified atom stereocenters. The van der Waals surface area contributed by atoms with Crippen LogP contribution in [0.2, 0.25) is 5.15 Å². The Morgan fingerprint density at radius 3 is 1.23 bits per heavy atom. The average Bonchev–Trinajstić information content (AvgIpc) is 1.61. The Morgan fingerprint density at radius 1 is 0.486 bits per heavy atom. The Morgan fingerprint density at radius 2 is 0.833 bits per heavy atom. The molecule has 9 heterocycles. The number of nitrogens with zero attached hydrogens (tertiary/aromatic N) is 19. The number of fused-ring (bicyclic) bond motifs is 6. The number of carbonyl (C=O) groups excluding carboxylic acids is 1. The van der Waals surface area contributed by atoms with Crippen molar-refractivity contribution >= 4 is 160 Å². The van der Waals surface area contributed by atoms with Gasteiger partial charge in [-0.25, -0.2) is 59.6 Å². The highest BCUT2D eigenvalue weighted by atomic mass is 36.0. The largest absolute Gasteiger partial charge is 0.497 e. The smallest absolute Gasteiger partial charge is 0.339 e. The molecule has 0 amide bonds. The van der Waals surface area contributed by atoms with E-state index in [1.165, 1.54) is 34.9 Å². The minimum absolute atomic E-state index is 0.00231. The zero-order valence-corrected chi connectivity index (χ0v) is 86.5. The SMILES string of the molecule is CC#N.CCCn1ccc2nc(C)nc(N(C)c3ccc(OC)cc3)c21.CCCn1ccc2nc(C)nc(N(C)c3ccc(OC)cc3)c21.CCOC(=O)C1=C(N)C=CC1.CCc1ccc(N(C)c2nc(C)nc3c2CC=C3)cc1.CCc1ccc(N(C)c2nc(C)nc3ccn(C)c23)cc1.CCc1ccc(NC)cc1.Cc1nc(Cl)c2c(n1)C=CC2.Cc1nc2c(c(=O)[nH]1)CC=C2.O=P(Cl)(Cl)Cl. The normalized spacial score (nSPS) is 11.7. The van der Waals surface area contributed by atoms with Gasteiger partial charge in [0.15, 0.2) is 17.5 Å². The van der Waals surface area contributed by atoms with Gasteiger partial charge in [-0.1, -0.05) is 107 Å². The van der Waals surface area contributed by atoms with Crippen molar-refractivity contribution in [1.29, 1.82) is 5.26 Å². The van der Waals surface area contributed by atoms with Crippen LogP contribution in [0.1, 0.15) is 153 Å². The van der Waals surface area contributed by atoms with E-state index in [-0.39, 0.29) is 11.5 Å². The van der Waals surface area contributed by atoms with Crippen LogP contribution >= 0.6 is 50.5 Å². The van der Waals surface area contributed by atoms with E-state index >= 15 is 0 Å². The number of aromatic amines is 1. The first-order valence-corrected chi connectivity index (χ1v) is 50.4. The molecule has 0 radical (unpaired) electrons. The van der Waals surface area contributed by atoms with Gasteiger partial charge >= 0.3 is 11.2 Å². The molecule has 0 saturated heterocycles. The Labute approximate surface area is 829 Å². The number of benzene rings is 5. The van der Waals surface area contributed by atoms with Gasteiger partial charge in [0.1, 0.15) is 74.0 Å². The monoisotopic (exact) mass is 1960 g/mol. The zero-order valence-electron chi connectivity index (χ0n) is 82.6. The van der Waals surface area contributed by atoms with Gasteiger partial charge in [0.25, 0.3) is 5.56 Å². The molecule has 4 aliphatic rings. The lowest BCUT2D eigenvalue weighted by Crippen LogP contribution is -2.15. The van der Waals surface area contributed by atoms with Gasteiger partial charge in [-0.2, -0.15) is 5.26 Å². The first-order valence-electron chi connectivity index (χ1n) is 45.6. The summed E-state index contributed by atoms with van der Waals surface area (Å²) in [4.78, 5) is 82.7. The summed E-state index contributed by atoms with van der Waals surface area (Å²) in [6, 6.07) is 49.7. The summed E-state index contributed by atoms with van der Waals surface area (Å²) in [7, 11) is 15.5. The van der Waals surface area contributed by atoms with E-state index in [2.05, 4.69) is 280 Å². The maximum absolute atomic E-state index is 11.2. The average molecular weight is 1960 g/mol. The lowest BCUT2D eigenvalue weighted by Gasteiger charge is -2.21. The lowest BCUT2D eigenvalue weighted by molar-refractivity contribution is -0.138. The van der Waals surface area contributed by atoms with Crippen molar-refractivity contribution in [2.24, 2.45) is 12.8 Å². The number of rotatable bonds is 20. The molecular formula is C105H125Cl4N22O6P. The summed E-state index contributed by atoms with van der Waals surface area (Å²) in [5, 5.41) is 7.77. The summed E-state index contributed by atoms with van der Waals surface area (Å²) < 4.78 is 31.3. The van der Waals surface area contributed by atoms with Gasteiger partial charge in [-0.05, 0) is 284 Å². The highest BCUT2D eigenvalue weighted by Gasteiger charge is 2.23. The van der Waals surface area contributed by atoms with Crippen molar-refractivity contribution in [3.8, 4) is 17.6 Å². The predicted molar refractivity (Wildman–Crippen MR) is 568 cm³/mol. The van der Waals surface area contributed by atoms with Crippen LogP contribution in [0.4, 0.5) is 51.7 Å². The molecular weight excluding hydrogens is 1840 g/mol. The second-order valence-electron chi connectivity index (χ2n) is 32.0. The van der Waals surface area contributed by atoms with E-state index in [9.17, 15) is 14.2 Å². The fourth-order valence-electron chi connectivity index (χ4n) is 15.1. The van der Waals surface area contributed by atoms with Crippen molar-refractivity contribution in [3.05, 3.63) is 301 Å². The number of nitriles is 1. The highest BCUT2D eigenvalue weighted by molar-refractivity contribution is 8.24. The lowest BCUT2D eigenvalue weighted by atomic mass is 10.1. The zero-order chi connectivity index (χ0) is 100. The summed E-state index contributed by atoms with van der Waals surface area (Å²) in [5.41, 5.74) is 28.4. The van der Waals surface area contributed by atoms with Gasteiger partial charge in [0, 0.05) is 132 Å². The Hall–Kier alpha value is -13.6. The molecule has 9 aromatic heterocycles. The minimum atomic E-state index is -3.22. The van der Waals surface area contributed by atoms with Gasteiger partial charge < -0.3 is 63.5 Å². The molecule has 0 bridgehead atoms. The summed E-state index contributed by atoms with van der Waals surface area (Å²) in [5.74, 6) is 9.80. The number of nitrogens with one attached hydrogen (secondary N) is 2. The summed E-state index contributed by atoms with van der Waals surface area (Å²) >= 11 is 19.7. The topological polar surface area (TPSA) is 326 Å². The number of H-pyrrole nitrogens is 1. The number of halogens is 4. The van der Waals surface area contributed by atoms with E-state index in [1.807, 2.05) is 154 Å². The van der Waals surface area contributed by atoms with Crippen LogP contribution < -0.4 is 45.7 Å². The number of aryl methyl sites for hydroxylation is 12. The predicted octanol–water partition coefficient (Wildman–Crippen LogP) is 24.2. The fraction of sp³-hybridized carbons (Fsp3) is 0.314. The molecule has 0 fully saturated rings. The van der Waals surface area contributed by atoms with Crippen LogP contribution in [-0.2, 0) is 72.8 Å². The van der Waals surface area contributed by atoms with Gasteiger partial charge in [0.2, 0.25) is 0 Å². The molecule has 724 valence electrons. The highest BCUT2D eigenvalue weighted by Crippen LogP contribution is 2.61. The van der Waals surface area contributed by atoms with Crippen molar-refractivity contribution in [2.45, 2.75) is 161 Å². The Balaban J connectivity index is 0.000000178. The number of anilines is 9. The van der Waals surface area contributed by atoms with Crippen molar-refractivity contribution < 1.29 is 23.6 Å². The Bertz CT molecular complexity index is 6570. The van der Waals surface area contributed by atoms with Crippen LogP contribution in [0.15, 0.2) is 205 Å². The van der Waals surface area contributed by atoms with E-state index < -0.39 is 5.20 Å². The van der Waals surface area contributed by atoms with Gasteiger partial charge in [-0.3, -0.25) is 9.36 Å². The Kier molecular flexibility index (Phi) is 41.3. The molecule has 14 aromatic rings. The first kappa shape index (κ1) is 108. The summed E-state index contributed by atoms with van der Waals surface area (Å²) in [6.07, 6.45) is 30.4. The molecule has 4 aliphatic carbocycles. The third kappa shape index (κ3) is 30.2. The third-order valence-electron chi connectivity index (χ3n) is 22.1. The van der Waals surface area contributed by atoms with Crippen LogP contribution in [0.5, 0.6) is 11.5 Å². The van der Waals surface area contributed by atoms with Crippen molar-refractivity contribution in [2.75, 3.05) is 81.0 Å². The molecule has 33 heteroatoms. The number of hydrogen-bond donors (Lipinski definition) is 3. The molecule has 4 N–H and O–H groups in total. The molecule has 0 saturated carbocycles. The van der Waals surface area contributed by atoms with Crippen LogP contribution in [0.25, 0.3) is 51.3 Å².